The van der Waals surface area contributed by atoms with Crippen LogP contribution in [0, 0.1) is 0 Å². The molecule has 1 amide bonds. The van der Waals surface area contributed by atoms with Gasteiger partial charge in [0.1, 0.15) is 5.82 Å². The van der Waals surface area contributed by atoms with E-state index in [4.69, 9.17) is 4.74 Å². The number of hydrogen-bond donors (Lipinski definition) is 2. The molecule has 0 aliphatic carbocycles. The van der Waals surface area contributed by atoms with Crippen LogP contribution in [0.2, 0.25) is 0 Å². The largest absolute Gasteiger partial charge is 0.379 e. The fourth-order valence-electron chi connectivity index (χ4n) is 2.85. The lowest BCUT2D eigenvalue weighted by Crippen LogP contribution is -2.41. The highest BCUT2D eigenvalue weighted by Crippen LogP contribution is 2.19. The molecule has 1 aromatic heterocycles. The SMILES string of the molecule is CN(C)c1ccc(Nc2ccc(C(=O)NCCN3CCOCC3)cn2)cc1. The zero-order valence-electron chi connectivity index (χ0n) is 15.9. The first-order valence-corrected chi connectivity index (χ1v) is 9.20. The number of carbonyl (C=O) groups is 1. The van der Waals surface area contributed by atoms with Crippen LogP contribution >= 0.6 is 0 Å². The molecule has 27 heavy (non-hydrogen) atoms. The number of rotatable bonds is 7. The molecule has 7 heteroatoms. The summed E-state index contributed by atoms with van der Waals surface area (Å²) < 4.78 is 5.32. The van der Waals surface area contributed by atoms with Crippen LogP contribution in [-0.2, 0) is 4.74 Å². The van der Waals surface area contributed by atoms with E-state index in [-0.39, 0.29) is 5.91 Å². The summed E-state index contributed by atoms with van der Waals surface area (Å²) in [5.74, 6) is 0.607. The van der Waals surface area contributed by atoms with Crippen LogP contribution in [0.3, 0.4) is 0 Å². The van der Waals surface area contributed by atoms with Gasteiger partial charge in [-0.3, -0.25) is 9.69 Å². The monoisotopic (exact) mass is 369 g/mol. The van der Waals surface area contributed by atoms with E-state index in [0.717, 1.165) is 44.2 Å². The Balaban J connectivity index is 1.48. The minimum atomic E-state index is -0.0994. The van der Waals surface area contributed by atoms with E-state index in [2.05, 4.69) is 25.4 Å². The first kappa shape index (κ1) is 19.1. The normalized spacial score (nSPS) is 14.6. The number of amides is 1. The summed E-state index contributed by atoms with van der Waals surface area (Å²) in [7, 11) is 4.02. The van der Waals surface area contributed by atoms with Gasteiger partial charge in [-0.05, 0) is 36.4 Å². The van der Waals surface area contributed by atoms with E-state index >= 15 is 0 Å². The minimum absolute atomic E-state index is 0.0994. The number of carbonyl (C=O) groups excluding carboxylic acids is 1. The Morgan fingerprint density at radius 3 is 2.52 bits per heavy atom. The van der Waals surface area contributed by atoms with E-state index in [1.165, 1.54) is 0 Å². The summed E-state index contributed by atoms with van der Waals surface area (Å²) in [4.78, 5) is 20.9. The highest BCUT2D eigenvalue weighted by molar-refractivity contribution is 5.94. The van der Waals surface area contributed by atoms with E-state index in [1.807, 2.05) is 44.4 Å². The van der Waals surface area contributed by atoms with E-state index in [0.29, 0.717) is 17.9 Å². The maximum absolute atomic E-state index is 12.2. The summed E-state index contributed by atoms with van der Waals surface area (Å²) in [6.45, 7) is 4.84. The van der Waals surface area contributed by atoms with E-state index in [9.17, 15) is 4.79 Å². The molecule has 2 N–H and O–H groups in total. The van der Waals surface area contributed by atoms with Crippen LogP contribution in [-0.4, -0.2) is 69.3 Å². The van der Waals surface area contributed by atoms with Gasteiger partial charge in [-0.2, -0.15) is 0 Å². The molecule has 0 saturated carbocycles. The Labute approximate surface area is 160 Å². The molecule has 1 fully saturated rings. The third-order valence-corrected chi connectivity index (χ3v) is 4.50. The van der Waals surface area contributed by atoms with Gasteiger partial charge < -0.3 is 20.3 Å². The molecule has 2 aromatic rings. The lowest BCUT2D eigenvalue weighted by molar-refractivity contribution is 0.0383. The molecule has 0 atom stereocenters. The van der Waals surface area contributed by atoms with Crippen molar-refractivity contribution in [1.82, 2.24) is 15.2 Å². The van der Waals surface area contributed by atoms with Crippen LogP contribution in [0.4, 0.5) is 17.2 Å². The number of morpholine rings is 1. The standard InChI is InChI=1S/C20H27N5O2/c1-24(2)18-6-4-17(5-7-18)23-19-8-3-16(15-22-19)20(26)21-9-10-25-11-13-27-14-12-25/h3-8,15H,9-14H2,1-2H3,(H,21,26)(H,22,23). The van der Waals surface area contributed by atoms with Gasteiger partial charge in [0, 0.05) is 57.8 Å². The topological polar surface area (TPSA) is 69.7 Å². The van der Waals surface area contributed by atoms with Crippen molar-refractivity contribution in [3.63, 3.8) is 0 Å². The van der Waals surface area contributed by atoms with Crippen molar-refractivity contribution >= 4 is 23.1 Å². The molecule has 1 aliphatic heterocycles. The van der Waals surface area contributed by atoms with Crippen molar-refractivity contribution in [3.8, 4) is 0 Å². The van der Waals surface area contributed by atoms with Gasteiger partial charge >= 0.3 is 0 Å². The molecule has 2 heterocycles. The molecular weight excluding hydrogens is 342 g/mol. The molecule has 7 nitrogen and oxygen atoms in total. The van der Waals surface area contributed by atoms with Gasteiger partial charge in [-0.1, -0.05) is 0 Å². The van der Waals surface area contributed by atoms with Gasteiger partial charge in [-0.15, -0.1) is 0 Å². The Bertz CT molecular complexity index is 725. The maximum Gasteiger partial charge on any atom is 0.252 e. The highest BCUT2D eigenvalue weighted by Gasteiger charge is 2.11. The van der Waals surface area contributed by atoms with Crippen molar-refractivity contribution in [2.24, 2.45) is 0 Å². The summed E-state index contributed by atoms with van der Waals surface area (Å²) in [6.07, 6.45) is 1.60. The molecule has 144 valence electrons. The van der Waals surface area contributed by atoms with Crippen LogP contribution in [0.25, 0.3) is 0 Å². The number of ether oxygens (including phenoxy) is 1. The third-order valence-electron chi connectivity index (χ3n) is 4.50. The lowest BCUT2D eigenvalue weighted by atomic mass is 10.2. The van der Waals surface area contributed by atoms with Crippen molar-refractivity contribution in [1.29, 1.82) is 0 Å². The molecule has 1 aromatic carbocycles. The summed E-state index contributed by atoms with van der Waals surface area (Å²) in [5, 5.41) is 6.19. The molecule has 3 rings (SSSR count). The van der Waals surface area contributed by atoms with Crippen molar-refractivity contribution in [2.75, 3.05) is 63.7 Å². The first-order valence-electron chi connectivity index (χ1n) is 9.20. The Morgan fingerprint density at radius 2 is 1.89 bits per heavy atom. The number of nitrogens with one attached hydrogen (secondary N) is 2. The fourth-order valence-corrected chi connectivity index (χ4v) is 2.85. The second-order valence-electron chi connectivity index (χ2n) is 6.71. The molecular formula is C20H27N5O2. The highest BCUT2D eigenvalue weighted by atomic mass is 16.5. The predicted molar refractivity (Wildman–Crippen MR) is 108 cm³/mol. The van der Waals surface area contributed by atoms with Gasteiger partial charge in [0.25, 0.3) is 5.91 Å². The quantitative estimate of drug-likeness (QED) is 0.778. The van der Waals surface area contributed by atoms with Gasteiger partial charge in [-0.25, -0.2) is 4.98 Å². The van der Waals surface area contributed by atoms with Gasteiger partial charge in [0.15, 0.2) is 0 Å². The van der Waals surface area contributed by atoms with Crippen LogP contribution in [0.15, 0.2) is 42.6 Å². The molecule has 0 bridgehead atoms. The molecule has 0 radical (unpaired) electrons. The summed E-state index contributed by atoms with van der Waals surface area (Å²) in [6, 6.07) is 11.7. The van der Waals surface area contributed by atoms with Gasteiger partial charge in [0.05, 0.1) is 18.8 Å². The maximum atomic E-state index is 12.2. The van der Waals surface area contributed by atoms with E-state index in [1.54, 1.807) is 12.3 Å². The van der Waals surface area contributed by atoms with Crippen molar-refractivity contribution < 1.29 is 9.53 Å². The molecule has 0 spiro atoms. The van der Waals surface area contributed by atoms with Crippen LogP contribution in [0.1, 0.15) is 10.4 Å². The average molecular weight is 369 g/mol. The predicted octanol–water partition coefficient (Wildman–Crippen LogP) is 1.95. The number of pyridine rings is 1. The average Bonchev–Trinajstić information content (AvgIpc) is 2.70. The second-order valence-corrected chi connectivity index (χ2v) is 6.71. The second kappa shape index (κ2) is 9.34. The smallest absolute Gasteiger partial charge is 0.252 e. The first-order chi connectivity index (χ1) is 13.1. The summed E-state index contributed by atoms with van der Waals surface area (Å²) >= 11 is 0. The van der Waals surface area contributed by atoms with E-state index < -0.39 is 0 Å². The molecule has 1 saturated heterocycles. The zero-order chi connectivity index (χ0) is 19.1. The number of nitrogens with zero attached hydrogens (tertiary/aromatic N) is 3. The summed E-state index contributed by atoms with van der Waals surface area (Å²) in [5.41, 5.74) is 2.65. The zero-order valence-corrected chi connectivity index (χ0v) is 15.9. The number of aromatic nitrogens is 1. The lowest BCUT2D eigenvalue weighted by Gasteiger charge is -2.26. The number of anilines is 3. The minimum Gasteiger partial charge on any atom is -0.379 e. The fraction of sp³-hybridized carbons (Fsp3) is 0.400. The van der Waals surface area contributed by atoms with Crippen LogP contribution < -0.4 is 15.5 Å². The molecule has 1 aliphatic rings. The Morgan fingerprint density at radius 1 is 1.15 bits per heavy atom. The van der Waals surface area contributed by atoms with Gasteiger partial charge in [0.2, 0.25) is 0 Å². The third kappa shape index (κ3) is 5.67. The van der Waals surface area contributed by atoms with Crippen molar-refractivity contribution in [2.45, 2.75) is 0 Å². The Kier molecular flexibility index (Phi) is 6.62. The Hall–Kier alpha value is -2.64. The molecule has 0 unspecified atom stereocenters. The van der Waals surface area contributed by atoms with Crippen molar-refractivity contribution in [3.05, 3.63) is 48.2 Å². The number of hydrogen-bond acceptors (Lipinski definition) is 6. The number of benzene rings is 1. The van der Waals surface area contributed by atoms with Crippen LogP contribution in [0.5, 0.6) is 0 Å².